The van der Waals surface area contributed by atoms with Crippen LogP contribution in [0.3, 0.4) is 0 Å². The van der Waals surface area contributed by atoms with E-state index >= 15 is 0 Å². The quantitative estimate of drug-likeness (QED) is 0.193. The summed E-state index contributed by atoms with van der Waals surface area (Å²) in [6, 6.07) is 12.0. The molecule has 0 atom stereocenters. The van der Waals surface area contributed by atoms with Crippen molar-refractivity contribution >= 4 is 35.2 Å². The minimum atomic E-state index is -0.314. The van der Waals surface area contributed by atoms with E-state index in [2.05, 4.69) is 83.1 Å². The summed E-state index contributed by atoms with van der Waals surface area (Å²) in [6.07, 6.45) is 3.35. The first-order valence-corrected chi connectivity index (χ1v) is 16.1. The summed E-state index contributed by atoms with van der Waals surface area (Å²) in [5.74, 6) is -0.0338. The molecule has 0 heterocycles. The van der Waals surface area contributed by atoms with Gasteiger partial charge in [-0.2, -0.15) is 0 Å². The summed E-state index contributed by atoms with van der Waals surface area (Å²) in [4.78, 5) is 13.9. The number of aliphatic imine (C=N–C) groups is 2. The van der Waals surface area contributed by atoms with Gasteiger partial charge in [0.2, 0.25) is 0 Å². The summed E-state index contributed by atoms with van der Waals surface area (Å²) in [5, 5.41) is 27.4. The minimum Gasteiger partial charge on any atom is -0.872 e. The Morgan fingerprint density at radius 1 is 0.489 bits per heavy atom. The van der Waals surface area contributed by atoms with Crippen LogP contribution in [0.1, 0.15) is 116 Å². The molecule has 0 aliphatic heterocycles. The summed E-state index contributed by atoms with van der Waals surface area (Å²) in [6.45, 7) is 25.3. The van der Waals surface area contributed by atoms with Crippen molar-refractivity contribution in [3.05, 3.63) is 69.8 Å². The van der Waals surface area contributed by atoms with Crippen LogP contribution >= 0.6 is 0 Å². The maximum atomic E-state index is 13.7. The zero-order valence-electron chi connectivity index (χ0n) is 31.5. The Hall–Kier alpha value is -3.31. The number of nitrogens with zero attached hydrogens (tertiary/aromatic N) is 4. The van der Waals surface area contributed by atoms with E-state index < -0.39 is 0 Å². The molecule has 0 radical (unpaired) electrons. The van der Waals surface area contributed by atoms with Crippen LogP contribution in [-0.2, 0) is 38.2 Å². The molecule has 0 N–H and O–H groups in total. The fraction of sp³-hybridized carbons (Fsp3) is 0.500. The summed E-state index contributed by atoms with van der Waals surface area (Å²) in [7, 11) is 7.97. The van der Waals surface area contributed by atoms with Gasteiger partial charge in [0.1, 0.15) is 0 Å². The number of rotatable bonds is 6. The third-order valence-corrected chi connectivity index (χ3v) is 8.30. The molecule has 3 aromatic carbocycles. The van der Waals surface area contributed by atoms with Crippen LogP contribution in [-0.4, -0.2) is 40.6 Å². The van der Waals surface area contributed by atoms with Gasteiger partial charge in [-0.1, -0.05) is 119 Å². The Morgan fingerprint density at radius 2 is 0.787 bits per heavy atom. The zero-order chi connectivity index (χ0) is 35.2. The largest absolute Gasteiger partial charge is 2.00 e. The zero-order valence-corrected chi connectivity index (χ0v) is 32.5. The molecular weight excluding hydrogens is 627 g/mol. The van der Waals surface area contributed by atoms with Gasteiger partial charge in [0.25, 0.3) is 0 Å². The van der Waals surface area contributed by atoms with Gasteiger partial charge < -0.3 is 20.0 Å². The molecule has 3 rings (SSSR count). The fourth-order valence-corrected chi connectivity index (χ4v) is 5.23. The first-order chi connectivity index (χ1) is 20.8. The van der Waals surface area contributed by atoms with E-state index in [4.69, 9.17) is 9.98 Å². The van der Waals surface area contributed by atoms with Gasteiger partial charge in [0, 0.05) is 40.6 Å². The second kappa shape index (κ2) is 14.0. The maximum Gasteiger partial charge on any atom is 2.00 e. The smallest absolute Gasteiger partial charge is 0.872 e. The second-order valence-corrected chi connectivity index (χ2v) is 17.0. The van der Waals surface area contributed by atoms with Crippen LogP contribution in [0.2, 0.25) is 0 Å². The fourth-order valence-electron chi connectivity index (χ4n) is 5.23. The van der Waals surface area contributed by atoms with E-state index in [0.717, 1.165) is 33.6 Å². The molecule has 3 aromatic rings. The van der Waals surface area contributed by atoms with E-state index in [1.165, 1.54) is 0 Å². The molecule has 6 nitrogen and oxygen atoms in total. The molecule has 0 spiro atoms. The van der Waals surface area contributed by atoms with Gasteiger partial charge in [-0.15, -0.1) is 0 Å². The number of anilines is 2. The minimum absolute atomic E-state index is 0. The Morgan fingerprint density at radius 3 is 1.02 bits per heavy atom. The second-order valence-electron chi connectivity index (χ2n) is 17.0. The first-order valence-electron chi connectivity index (χ1n) is 16.1. The van der Waals surface area contributed by atoms with Crippen molar-refractivity contribution < 1.29 is 26.7 Å². The number of hydrogen-bond donors (Lipinski definition) is 0. The van der Waals surface area contributed by atoms with Crippen molar-refractivity contribution in [2.75, 3.05) is 38.0 Å². The van der Waals surface area contributed by atoms with Gasteiger partial charge in [-0.05, 0) is 67.2 Å². The van der Waals surface area contributed by atoms with Crippen molar-refractivity contribution in [1.29, 1.82) is 0 Å². The molecule has 0 aliphatic carbocycles. The van der Waals surface area contributed by atoms with E-state index in [1.807, 2.05) is 74.4 Å². The molecule has 0 unspecified atom stereocenters. The summed E-state index contributed by atoms with van der Waals surface area (Å²) >= 11 is 0. The predicted molar refractivity (Wildman–Crippen MR) is 196 cm³/mol. The van der Waals surface area contributed by atoms with Gasteiger partial charge in [0.15, 0.2) is 0 Å². The molecule has 258 valence electrons. The third kappa shape index (κ3) is 9.41. The van der Waals surface area contributed by atoms with Crippen molar-refractivity contribution in [3.8, 4) is 11.5 Å². The topological polar surface area (TPSA) is 77.3 Å². The average Bonchev–Trinajstić information content (AvgIpc) is 2.88. The Balaban J connectivity index is 0.00000768. The molecule has 0 fully saturated rings. The number of benzene rings is 3. The molecular formula is C40H56N4NiO2. The standard InChI is InChI=1S/C40H58N4O2.Ni/c1-37(2,3)27-17-25(35(45)29(19-27)39(7,8)9)23-41-31-21-33(43(13)14)34(44(15)16)22-32(31)42-24-26-18-28(38(4,5)6)20-30(36(26)46)40(10,11)12;/h17-24,45-46H,1-16H3;/q;+2/p-2. The van der Waals surface area contributed by atoms with Crippen molar-refractivity contribution in [2.24, 2.45) is 9.98 Å². The van der Waals surface area contributed by atoms with E-state index in [1.54, 1.807) is 12.4 Å². The monoisotopic (exact) mass is 682 g/mol. The van der Waals surface area contributed by atoms with E-state index in [9.17, 15) is 10.2 Å². The Labute approximate surface area is 295 Å². The molecule has 0 saturated carbocycles. The normalized spacial score (nSPS) is 12.9. The van der Waals surface area contributed by atoms with Crippen LogP contribution in [0.5, 0.6) is 11.5 Å². The maximum absolute atomic E-state index is 13.7. The molecule has 0 aromatic heterocycles. The van der Waals surface area contributed by atoms with E-state index in [-0.39, 0.29) is 49.7 Å². The van der Waals surface area contributed by atoms with Crippen LogP contribution in [0.25, 0.3) is 0 Å². The third-order valence-electron chi connectivity index (χ3n) is 8.30. The summed E-state index contributed by atoms with van der Waals surface area (Å²) in [5.41, 5.74) is 7.06. The van der Waals surface area contributed by atoms with E-state index in [0.29, 0.717) is 22.5 Å². The Bertz CT molecular complexity index is 1520. The van der Waals surface area contributed by atoms with Crippen LogP contribution in [0.15, 0.2) is 46.4 Å². The van der Waals surface area contributed by atoms with Crippen LogP contribution < -0.4 is 20.0 Å². The van der Waals surface area contributed by atoms with Crippen molar-refractivity contribution in [1.82, 2.24) is 0 Å². The molecule has 0 aliphatic rings. The molecule has 7 heteroatoms. The predicted octanol–water partition coefficient (Wildman–Crippen LogP) is 8.65. The number of hydrogen-bond acceptors (Lipinski definition) is 6. The van der Waals surface area contributed by atoms with Gasteiger partial charge in [-0.25, -0.2) is 0 Å². The molecule has 0 amide bonds. The average molecular weight is 684 g/mol. The van der Waals surface area contributed by atoms with Crippen LogP contribution in [0, 0.1) is 0 Å². The van der Waals surface area contributed by atoms with Crippen molar-refractivity contribution in [2.45, 2.75) is 105 Å². The summed E-state index contributed by atoms with van der Waals surface area (Å²) < 4.78 is 0. The SMILES string of the molecule is CN(C)c1cc(N=Cc2cc(C(C)(C)C)cc(C(C)(C)C)c2[O-])c(N=Cc2cc(C(C)(C)C)cc(C(C)(C)C)c2[O-])cc1N(C)C.[Ni+2]. The van der Waals surface area contributed by atoms with Crippen LogP contribution in [0.4, 0.5) is 22.7 Å². The first kappa shape index (κ1) is 39.9. The molecule has 47 heavy (non-hydrogen) atoms. The molecule has 0 bridgehead atoms. The van der Waals surface area contributed by atoms with Crippen molar-refractivity contribution in [3.63, 3.8) is 0 Å². The van der Waals surface area contributed by atoms with Gasteiger partial charge >= 0.3 is 16.5 Å². The van der Waals surface area contributed by atoms with Gasteiger partial charge in [-0.3, -0.25) is 9.98 Å². The Kier molecular flexibility index (Phi) is 11.9. The van der Waals surface area contributed by atoms with Gasteiger partial charge in [0.05, 0.1) is 22.7 Å². The molecule has 0 saturated heterocycles.